The Morgan fingerprint density at radius 3 is 2.50 bits per heavy atom. The summed E-state index contributed by atoms with van der Waals surface area (Å²) >= 11 is 0. The van der Waals surface area contributed by atoms with E-state index >= 15 is 0 Å². The molecule has 1 aromatic carbocycles. The summed E-state index contributed by atoms with van der Waals surface area (Å²) in [6.45, 7) is 4.91. The molecule has 0 radical (unpaired) electrons. The van der Waals surface area contributed by atoms with Gasteiger partial charge in [-0.05, 0) is 44.1 Å². The van der Waals surface area contributed by atoms with Gasteiger partial charge in [-0.1, -0.05) is 13.8 Å². The first-order valence-corrected chi connectivity index (χ1v) is 10.5. The number of carbonyl (C=O) groups is 1. The van der Waals surface area contributed by atoms with E-state index in [9.17, 15) is 4.79 Å². The lowest BCUT2D eigenvalue weighted by Gasteiger charge is -2.26. The Hall–Kier alpha value is -1.66. The molecule has 0 aliphatic rings. The minimum absolute atomic E-state index is 0.0668. The van der Waals surface area contributed by atoms with Crippen LogP contribution in [0.15, 0.2) is 24.4 Å². The minimum Gasteiger partial charge on any atom is -0.497 e. The topological polar surface area (TPSA) is 65.0 Å². The minimum atomic E-state index is -1.29. The number of aromatic nitrogens is 1. The molecule has 0 spiro atoms. The Morgan fingerprint density at radius 1 is 1.25 bits per heavy atom. The maximum atomic E-state index is 12.2. The molecule has 0 aliphatic carbocycles. The first-order valence-electron chi connectivity index (χ1n) is 9.33. The molecule has 1 N–H and O–H groups in total. The molecule has 7 nitrogen and oxygen atoms in total. The Balaban J connectivity index is 2.47. The third kappa shape index (κ3) is 5.23. The van der Waals surface area contributed by atoms with Crippen molar-refractivity contribution in [2.45, 2.75) is 26.3 Å². The van der Waals surface area contributed by atoms with Gasteiger partial charge in [-0.3, -0.25) is 9.13 Å². The number of rotatable bonds is 10. The van der Waals surface area contributed by atoms with Crippen molar-refractivity contribution in [3.63, 3.8) is 0 Å². The lowest BCUT2D eigenvalue weighted by Crippen LogP contribution is -2.40. The van der Waals surface area contributed by atoms with Gasteiger partial charge in [0.15, 0.2) is 0 Å². The van der Waals surface area contributed by atoms with Crippen LogP contribution in [0.3, 0.4) is 0 Å². The highest BCUT2D eigenvalue weighted by Crippen LogP contribution is 2.41. The first-order chi connectivity index (χ1) is 13.3. The Labute approximate surface area is 168 Å². The molecule has 0 amide bonds. The molecule has 1 heterocycles. The predicted molar refractivity (Wildman–Crippen MR) is 114 cm³/mol. The van der Waals surface area contributed by atoms with Gasteiger partial charge in [-0.25, -0.2) is 5.09 Å². The van der Waals surface area contributed by atoms with Crippen LogP contribution in [0, 0.1) is 5.92 Å². The van der Waals surface area contributed by atoms with Crippen molar-refractivity contribution in [2.75, 3.05) is 42.0 Å². The van der Waals surface area contributed by atoms with Crippen LogP contribution < -0.4 is 9.82 Å². The van der Waals surface area contributed by atoms with Crippen LogP contribution in [0.25, 0.3) is 10.9 Å². The molecule has 8 heteroatoms. The van der Waals surface area contributed by atoms with Gasteiger partial charge in [0.1, 0.15) is 11.8 Å². The summed E-state index contributed by atoms with van der Waals surface area (Å²) in [5.41, 5.74) is 2.25. The SMILES string of the molecule is COC(=O)C(NP(OC)n1cc(CCN(C)C)c2ccc(OC)cc21)C(C)C. The van der Waals surface area contributed by atoms with Crippen molar-refractivity contribution in [3.05, 3.63) is 30.0 Å². The number of fused-ring (bicyclic) bond motifs is 1. The van der Waals surface area contributed by atoms with Crippen molar-refractivity contribution in [1.82, 2.24) is 14.3 Å². The summed E-state index contributed by atoms with van der Waals surface area (Å²) < 4.78 is 18.3. The molecule has 0 aliphatic heterocycles. The lowest BCUT2D eigenvalue weighted by atomic mass is 10.1. The van der Waals surface area contributed by atoms with Gasteiger partial charge in [0.25, 0.3) is 0 Å². The molecule has 0 fully saturated rings. The average molecular weight is 409 g/mol. The van der Waals surface area contributed by atoms with Crippen LogP contribution in [0.1, 0.15) is 19.4 Å². The number of likely N-dealkylation sites (N-methyl/N-ethyl adjacent to an activating group) is 1. The standard InChI is InChI=1S/C20H32N3O4P/c1-14(2)19(20(24)26-6)21-28(27-7)23-13-15(10-11-22(3)4)17-9-8-16(25-5)12-18(17)23/h8-9,12-14,19,21H,10-11H2,1-7H3. The lowest BCUT2D eigenvalue weighted by molar-refractivity contribution is -0.143. The maximum Gasteiger partial charge on any atom is 0.323 e. The van der Waals surface area contributed by atoms with E-state index in [0.717, 1.165) is 29.6 Å². The molecule has 2 atom stereocenters. The molecule has 0 saturated heterocycles. The second-order valence-electron chi connectivity index (χ2n) is 7.26. The van der Waals surface area contributed by atoms with Gasteiger partial charge in [-0.2, -0.15) is 0 Å². The second kappa shape index (κ2) is 10.2. The highest BCUT2D eigenvalue weighted by molar-refractivity contribution is 7.49. The Kier molecular flexibility index (Phi) is 8.25. The van der Waals surface area contributed by atoms with Gasteiger partial charge < -0.3 is 18.9 Å². The smallest absolute Gasteiger partial charge is 0.323 e. The average Bonchev–Trinajstić information content (AvgIpc) is 3.04. The zero-order valence-corrected chi connectivity index (χ0v) is 18.7. The molecule has 2 aromatic rings. The van der Waals surface area contributed by atoms with E-state index in [-0.39, 0.29) is 11.9 Å². The largest absolute Gasteiger partial charge is 0.497 e. The highest BCUT2D eigenvalue weighted by Gasteiger charge is 2.28. The molecule has 1 aromatic heterocycles. The van der Waals surface area contributed by atoms with Gasteiger partial charge in [0, 0.05) is 31.3 Å². The molecule has 0 bridgehead atoms. The predicted octanol–water partition coefficient (Wildman–Crippen LogP) is 3.26. The van der Waals surface area contributed by atoms with E-state index in [1.807, 2.05) is 26.0 Å². The fourth-order valence-corrected chi connectivity index (χ4v) is 4.66. The number of nitrogens with zero attached hydrogens (tertiary/aromatic N) is 2. The van der Waals surface area contributed by atoms with Crippen LogP contribution in [0.4, 0.5) is 0 Å². The van der Waals surface area contributed by atoms with Crippen molar-refractivity contribution in [1.29, 1.82) is 0 Å². The summed E-state index contributed by atoms with van der Waals surface area (Å²) in [5.74, 6) is 0.559. The normalized spacial score (nSPS) is 13.9. The van der Waals surface area contributed by atoms with Crippen LogP contribution in [-0.2, 0) is 20.5 Å². The number of hydrogen-bond donors (Lipinski definition) is 1. The number of benzene rings is 1. The van der Waals surface area contributed by atoms with Crippen molar-refractivity contribution in [3.8, 4) is 5.75 Å². The molecule has 2 rings (SSSR count). The van der Waals surface area contributed by atoms with Crippen molar-refractivity contribution in [2.24, 2.45) is 5.92 Å². The number of nitrogens with one attached hydrogen (secondary N) is 1. The molecule has 2 unspecified atom stereocenters. The number of ether oxygens (including phenoxy) is 2. The van der Waals surface area contributed by atoms with E-state index in [0.29, 0.717) is 0 Å². The molecular formula is C20H32N3O4P. The van der Waals surface area contributed by atoms with Crippen molar-refractivity contribution < 1.29 is 18.8 Å². The van der Waals surface area contributed by atoms with Crippen LogP contribution in [-0.4, -0.2) is 63.2 Å². The van der Waals surface area contributed by atoms with Gasteiger partial charge in [-0.15, -0.1) is 0 Å². The fraction of sp³-hybridized carbons (Fsp3) is 0.550. The zero-order valence-electron chi connectivity index (χ0n) is 17.9. The monoisotopic (exact) mass is 409 g/mol. The number of carbonyl (C=O) groups excluding carboxylic acids is 1. The van der Waals surface area contributed by atoms with Gasteiger partial charge >= 0.3 is 5.97 Å². The zero-order chi connectivity index (χ0) is 20.8. The summed E-state index contributed by atoms with van der Waals surface area (Å²) in [6, 6.07) is 5.61. The van der Waals surface area contributed by atoms with Crippen LogP contribution in [0.2, 0.25) is 0 Å². The molecule has 0 saturated carbocycles. The van der Waals surface area contributed by atoms with E-state index in [1.165, 1.54) is 12.7 Å². The second-order valence-corrected chi connectivity index (χ2v) is 8.86. The number of hydrogen-bond acceptors (Lipinski definition) is 6. The van der Waals surface area contributed by atoms with Crippen LogP contribution in [0.5, 0.6) is 5.75 Å². The first kappa shape index (κ1) is 22.6. The van der Waals surface area contributed by atoms with Gasteiger partial charge in [0.2, 0.25) is 8.45 Å². The summed E-state index contributed by atoms with van der Waals surface area (Å²) in [5, 5.41) is 4.52. The third-order valence-electron chi connectivity index (χ3n) is 4.64. The summed E-state index contributed by atoms with van der Waals surface area (Å²) in [4.78, 5) is 14.4. The van der Waals surface area contributed by atoms with E-state index < -0.39 is 14.5 Å². The number of esters is 1. The van der Waals surface area contributed by atoms with Crippen LogP contribution >= 0.6 is 8.45 Å². The Bertz CT molecular complexity index is 791. The summed E-state index contributed by atoms with van der Waals surface area (Å²) in [7, 11) is 7.56. The molecular weight excluding hydrogens is 377 g/mol. The van der Waals surface area contributed by atoms with Crippen molar-refractivity contribution >= 4 is 25.3 Å². The molecule has 156 valence electrons. The highest BCUT2D eigenvalue weighted by atomic mass is 31.2. The summed E-state index contributed by atoms with van der Waals surface area (Å²) in [6.07, 6.45) is 3.03. The maximum absolute atomic E-state index is 12.2. The molecule has 28 heavy (non-hydrogen) atoms. The Morgan fingerprint density at radius 2 is 1.96 bits per heavy atom. The van der Waals surface area contributed by atoms with E-state index in [2.05, 4.69) is 40.7 Å². The third-order valence-corrected chi connectivity index (χ3v) is 6.21. The number of methoxy groups -OCH3 is 2. The van der Waals surface area contributed by atoms with E-state index in [4.69, 9.17) is 14.0 Å². The van der Waals surface area contributed by atoms with E-state index in [1.54, 1.807) is 14.2 Å². The van der Waals surface area contributed by atoms with Gasteiger partial charge in [0.05, 0.1) is 19.7 Å². The quantitative estimate of drug-likeness (QED) is 0.480. The fourth-order valence-electron chi connectivity index (χ4n) is 3.00.